The van der Waals surface area contributed by atoms with Crippen molar-refractivity contribution in [2.45, 2.75) is 24.4 Å². The van der Waals surface area contributed by atoms with E-state index in [0.717, 1.165) is 0 Å². The van der Waals surface area contributed by atoms with Crippen molar-refractivity contribution in [3.05, 3.63) is 70.5 Å². The molecule has 0 saturated carbocycles. The Morgan fingerprint density at radius 2 is 1.89 bits per heavy atom. The summed E-state index contributed by atoms with van der Waals surface area (Å²) < 4.78 is 16.5. The summed E-state index contributed by atoms with van der Waals surface area (Å²) in [5.74, 6) is 0.567. The second-order valence-electron chi connectivity index (χ2n) is 5.73. The van der Waals surface area contributed by atoms with Crippen molar-refractivity contribution in [2.75, 3.05) is 0 Å². The van der Waals surface area contributed by atoms with Crippen LogP contribution in [0.25, 0.3) is 16.6 Å². The molecule has 2 heterocycles. The molecule has 0 atom stereocenters. The molecular formula is C18H15FN6OS. The van der Waals surface area contributed by atoms with Crippen LogP contribution in [0, 0.1) is 5.82 Å². The third-order valence-corrected chi connectivity index (χ3v) is 5.01. The first-order valence-electron chi connectivity index (χ1n) is 8.33. The second-order valence-corrected chi connectivity index (χ2v) is 6.67. The van der Waals surface area contributed by atoms with Crippen molar-refractivity contribution < 1.29 is 4.39 Å². The molecule has 4 aromatic rings. The molecule has 0 fully saturated rings. The van der Waals surface area contributed by atoms with E-state index in [2.05, 4.69) is 20.5 Å². The van der Waals surface area contributed by atoms with Gasteiger partial charge in [0.1, 0.15) is 11.6 Å². The van der Waals surface area contributed by atoms with Crippen LogP contribution < -0.4 is 5.56 Å². The maximum absolute atomic E-state index is 13.3. The number of halogens is 1. The summed E-state index contributed by atoms with van der Waals surface area (Å²) >= 11 is 1.39. The lowest BCUT2D eigenvalue weighted by atomic mass is 10.2. The highest BCUT2D eigenvalue weighted by molar-refractivity contribution is 7.98. The Morgan fingerprint density at radius 1 is 1.11 bits per heavy atom. The van der Waals surface area contributed by atoms with E-state index in [1.807, 2.05) is 13.0 Å². The van der Waals surface area contributed by atoms with E-state index in [1.165, 1.54) is 28.5 Å². The van der Waals surface area contributed by atoms with E-state index in [0.29, 0.717) is 39.9 Å². The molecule has 0 N–H and O–H groups in total. The Hall–Kier alpha value is -3.07. The zero-order chi connectivity index (χ0) is 18.8. The van der Waals surface area contributed by atoms with Gasteiger partial charge in [-0.1, -0.05) is 23.9 Å². The lowest BCUT2D eigenvalue weighted by Crippen LogP contribution is -2.23. The standard InChI is InChI=1S/C18H15FN6OS/c1-2-24-18(21-22-23-24)27-11-16-20-15-6-4-3-5-14(15)17(26)25(16)13-9-7-12(19)8-10-13/h3-10H,2,11H2,1H3. The molecule has 136 valence electrons. The van der Waals surface area contributed by atoms with Crippen molar-refractivity contribution >= 4 is 22.7 Å². The minimum absolute atomic E-state index is 0.196. The number of aryl methyl sites for hydroxylation is 1. The molecule has 0 aliphatic heterocycles. The summed E-state index contributed by atoms with van der Waals surface area (Å²) in [5.41, 5.74) is 0.981. The largest absolute Gasteiger partial charge is 0.268 e. The third-order valence-electron chi connectivity index (χ3n) is 4.06. The zero-order valence-corrected chi connectivity index (χ0v) is 15.2. The van der Waals surface area contributed by atoms with E-state index in [-0.39, 0.29) is 11.4 Å². The first-order valence-corrected chi connectivity index (χ1v) is 9.31. The van der Waals surface area contributed by atoms with Crippen LogP contribution in [0.5, 0.6) is 0 Å². The van der Waals surface area contributed by atoms with Crippen LogP contribution in [-0.2, 0) is 12.3 Å². The number of hydrogen-bond donors (Lipinski definition) is 0. The minimum atomic E-state index is -0.362. The van der Waals surface area contributed by atoms with Gasteiger partial charge in [0.05, 0.1) is 22.3 Å². The summed E-state index contributed by atoms with van der Waals surface area (Å²) in [6.45, 7) is 2.59. The SMILES string of the molecule is CCn1nnnc1SCc1nc2ccccc2c(=O)n1-c1ccc(F)cc1. The molecule has 0 saturated heterocycles. The fourth-order valence-corrected chi connectivity index (χ4v) is 3.62. The molecule has 9 heteroatoms. The van der Waals surface area contributed by atoms with Gasteiger partial charge in [-0.3, -0.25) is 9.36 Å². The summed E-state index contributed by atoms with van der Waals surface area (Å²) in [4.78, 5) is 17.8. The fraction of sp³-hybridized carbons (Fsp3) is 0.167. The number of rotatable bonds is 5. The zero-order valence-electron chi connectivity index (χ0n) is 14.4. The predicted molar refractivity (Wildman–Crippen MR) is 100 cm³/mol. The van der Waals surface area contributed by atoms with Gasteiger partial charge >= 0.3 is 0 Å². The van der Waals surface area contributed by atoms with Crippen LogP contribution >= 0.6 is 11.8 Å². The second kappa shape index (κ2) is 7.28. The van der Waals surface area contributed by atoms with Gasteiger partial charge < -0.3 is 0 Å². The number of tetrazole rings is 1. The number of fused-ring (bicyclic) bond motifs is 1. The van der Waals surface area contributed by atoms with Gasteiger partial charge in [-0.25, -0.2) is 14.1 Å². The first-order chi connectivity index (χ1) is 13.2. The number of hydrogen-bond acceptors (Lipinski definition) is 6. The Labute approximate surface area is 157 Å². The fourth-order valence-electron chi connectivity index (χ4n) is 2.76. The molecule has 4 rings (SSSR count). The van der Waals surface area contributed by atoms with Gasteiger partial charge in [0.2, 0.25) is 5.16 Å². The van der Waals surface area contributed by atoms with Crippen LogP contribution in [0.2, 0.25) is 0 Å². The summed E-state index contributed by atoms with van der Waals surface area (Å²) in [6.07, 6.45) is 0. The van der Waals surface area contributed by atoms with E-state index in [1.54, 1.807) is 35.0 Å². The molecular weight excluding hydrogens is 367 g/mol. The Bertz CT molecular complexity index is 1150. The first kappa shape index (κ1) is 17.3. The van der Waals surface area contributed by atoms with Crippen LogP contribution in [0.1, 0.15) is 12.7 Å². The predicted octanol–water partition coefficient (Wildman–Crippen LogP) is 2.82. The molecule has 0 aliphatic carbocycles. The smallest absolute Gasteiger partial charge is 0.265 e. The summed E-state index contributed by atoms with van der Waals surface area (Å²) in [7, 11) is 0. The van der Waals surface area contributed by atoms with E-state index in [9.17, 15) is 9.18 Å². The van der Waals surface area contributed by atoms with Gasteiger partial charge in [-0.05, 0) is 53.7 Å². The topological polar surface area (TPSA) is 78.5 Å². The molecule has 0 aliphatic rings. The van der Waals surface area contributed by atoms with Gasteiger partial charge in [-0.15, -0.1) is 5.10 Å². The molecule has 2 aromatic heterocycles. The number of para-hydroxylation sites is 1. The normalized spacial score (nSPS) is 11.2. The van der Waals surface area contributed by atoms with Crippen molar-refractivity contribution in [1.82, 2.24) is 29.8 Å². The number of thioether (sulfide) groups is 1. The summed E-state index contributed by atoms with van der Waals surface area (Å²) in [5, 5.41) is 12.7. The third kappa shape index (κ3) is 3.33. The molecule has 0 radical (unpaired) electrons. The molecule has 0 unspecified atom stereocenters. The molecule has 27 heavy (non-hydrogen) atoms. The Morgan fingerprint density at radius 3 is 2.67 bits per heavy atom. The minimum Gasteiger partial charge on any atom is -0.268 e. The van der Waals surface area contributed by atoms with Gasteiger partial charge in [-0.2, -0.15) is 0 Å². The van der Waals surface area contributed by atoms with Crippen LogP contribution in [0.3, 0.4) is 0 Å². The Balaban J connectivity index is 1.83. The maximum atomic E-state index is 13.3. The number of nitrogens with zero attached hydrogens (tertiary/aromatic N) is 6. The van der Waals surface area contributed by atoms with Crippen LogP contribution in [0.15, 0.2) is 58.5 Å². The average molecular weight is 382 g/mol. The quantitative estimate of drug-likeness (QED) is 0.494. The van der Waals surface area contributed by atoms with E-state index >= 15 is 0 Å². The average Bonchev–Trinajstić information content (AvgIpc) is 3.15. The van der Waals surface area contributed by atoms with Gasteiger partial charge in [0, 0.05) is 6.54 Å². The van der Waals surface area contributed by atoms with Crippen LogP contribution in [-0.4, -0.2) is 29.8 Å². The van der Waals surface area contributed by atoms with Crippen molar-refractivity contribution in [2.24, 2.45) is 0 Å². The highest BCUT2D eigenvalue weighted by Gasteiger charge is 2.15. The number of aromatic nitrogens is 6. The molecule has 0 bridgehead atoms. The lowest BCUT2D eigenvalue weighted by molar-refractivity contribution is 0.581. The summed E-state index contributed by atoms with van der Waals surface area (Å²) in [6, 6.07) is 13.0. The monoisotopic (exact) mass is 382 g/mol. The van der Waals surface area contributed by atoms with Gasteiger partial charge in [0.25, 0.3) is 5.56 Å². The highest BCUT2D eigenvalue weighted by Crippen LogP contribution is 2.21. The maximum Gasteiger partial charge on any atom is 0.265 e. The Kier molecular flexibility index (Phi) is 4.68. The van der Waals surface area contributed by atoms with Crippen LogP contribution in [0.4, 0.5) is 4.39 Å². The van der Waals surface area contributed by atoms with Crippen molar-refractivity contribution in [3.8, 4) is 5.69 Å². The van der Waals surface area contributed by atoms with Crippen molar-refractivity contribution in [3.63, 3.8) is 0 Å². The molecule has 0 spiro atoms. The van der Waals surface area contributed by atoms with E-state index in [4.69, 9.17) is 0 Å². The molecule has 0 amide bonds. The van der Waals surface area contributed by atoms with Gasteiger partial charge in [0.15, 0.2) is 0 Å². The highest BCUT2D eigenvalue weighted by atomic mass is 32.2. The van der Waals surface area contributed by atoms with Crippen molar-refractivity contribution in [1.29, 1.82) is 0 Å². The molecule has 7 nitrogen and oxygen atoms in total. The molecule has 2 aromatic carbocycles. The van der Waals surface area contributed by atoms with E-state index < -0.39 is 0 Å². The lowest BCUT2D eigenvalue weighted by Gasteiger charge is -2.13. The number of benzene rings is 2.